The number of benzene rings is 1. The van der Waals surface area contributed by atoms with Crippen LogP contribution in [-0.2, 0) is 4.74 Å². The van der Waals surface area contributed by atoms with Gasteiger partial charge in [-0.05, 0) is 50.4 Å². The molecule has 0 atom stereocenters. The fourth-order valence-corrected chi connectivity index (χ4v) is 4.50. The molecule has 28 heavy (non-hydrogen) atoms. The van der Waals surface area contributed by atoms with Crippen LogP contribution in [0.4, 0.5) is 5.13 Å². The SMILES string of the molecule is COCCN1CCCC(=Nc2nc3nn(-c4c(C)cc(C)cc4O)cc3s2)C1. The van der Waals surface area contributed by atoms with Crippen LogP contribution in [0.25, 0.3) is 16.0 Å². The summed E-state index contributed by atoms with van der Waals surface area (Å²) in [7, 11) is 1.73. The molecule has 8 heteroatoms. The molecule has 7 nitrogen and oxygen atoms in total. The number of aryl methyl sites for hydroxylation is 2. The highest BCUT2D eigenvalue weighted by molar-refractivity contribution is 7.21. The van der Waals surface area contributed by atoms with Crippen LogP contribution in [-0.4, -0.2) is 63.8 Å². The number of rotatable bonds is 5. The lowest BCUT2D eigenvalue weighted by atomic mass is 10.1. The minimum Gasteiger partial charge on any atom is -0.506 e. The Morgan fingerprint density at radius 2 is 2.18 bits per heavy atom. The number of hydrogen-bond donors (Lipinski definition) is 1. The van der Waals surface area contributed by atoms with Gasteiger partial charge in [-0.15, -0.1) is 5.10 Å². The van der Waals surface area contributed by atoms with Crippen molar-refractivity contribution in [3.63, 3.8) is 0 Å². The van der Waals surface area contributed by atoms with Gasteiger partial charge in [-0.2, -0.15) is 4.98 Å². The molecule has 0 saturated carbocycles. The van der Waals surface area contributed by atoms with Gasteiger partial charge in [0.1, 0.15) is 11.4 Å². The molecule has 1 fully saturated rings. The van der Waals surface area contributed by atoms with E-state index in [1.807, 2.05) is 26.1 Å². The molecular formula is C20H25N5O2S. The Labute approximate surface area is 168 Å². The van der Waals surface area contributed by atoms with Crippen LogP contribution in [0.2, 0.25) is 0 Å². The number of phenolic OH excluding ortho intramolecular Hbond substituents is 1. The number of likely N-dealkylation sites (tertiary alicyclic amines) is 1. The van der Waals surface area contributed by atoms with E-state index in [0.717, 1.165) is 60.0 Å². The predicted molar refractivity (Wildman–Crippen MR) is 113 cm³/mol. The summed E-state index contributed by atoms with van der Waals surface area (Å²) in [6.07, 6.45) is 4.04. The van der Waals surface area contributed by atoms with Crippen molar-refractivity contribution in [3.8, 4) is 11.4 Å². The van der Waals surface area contributed by atoms with E-state index in [4.69, 9.17) is 9.73 Å². The summed E-state index contributed by atoms with van der Waals surface area (Å²) in [6, 6.07) is 3.79. The second-order valence-corrected chi connectivity index (χ2v) is 8.27. The van der Waals surface area contributed by atoms with Gasteiger partial charge in [0, 0.05) is 25.9 Å². The molecule has 3 aromatic rings. The molecule has 1 aliphatic rings. The van der Waals surface area contributed by atoms with Gasteiger partial charge in [0.25, 0.3) is 0 Å². The third-order valence-electron chi connectivity index (χ3n) is 4.93. The van der Waals surface area contributed by atoms with Crippen LogP contribution in [0, 0.1) is 13.8 Å². The first kappa shape index (κ1) is 19.0. The zero-order valence-corrected chi connectivity index (χ0v) is 17.3. The van der Waals surface area contributed by atoms with Crippen molar-refractivity contribution in [2.24, 2.45) is 4.99 Å². The zero-order chi connectivity index (χ0) is 19.7. The maximum atomic E-state index is 10.3. The number of methoxy groups -OCH3 is 1. The number of nitrogens with zero attached hydrogens (tertiary/aromatic N) is 5. The fourth-order valence-electron chi connectivity index (χ4n) is 3.67. The van der Waals surface area contributed by atoms with E-state index in [1.165, 1.54) is 17.0 Å². The molecule has 0 unspecified atom stereocenters. The van der Waals surface area contributed by atoms with Gasteiger partial charge in [0.15, 0.2) is 5.65 Å². The Morgan fingerprint density at radius 3 is 2.93 bits per heavy atom. The van der Waals surface area contributed by atoms with Crippen LogP contribution >= 0.6 is 11.3 Å². The van der Waals surface area contributed by atoms with Crippen LogP contribution in [0.5, 0.6) is 5.75 Å². The number of aliphatic imine (C=N–C) groups is 1. The molecule has 1 aliphatic heterocycles. The number of aromatic hydroxyl groups is 1. The number of aromatic nitrogens is 3. The Bertz CT molecular complexity index is 968. The van der Waals surface area contributed by atoms with Crippen molar-refractivity contribution in [1.29, 1.82) is 0 Å². The van der Waals surface area contributed by atoms with Crippen LogP contribution in [0.1, 0.15) is 24.0 Å². The molecule has 0 radical (unpaired) electrons. The molecular weight excluding hydrogens is 374 g/mol. The number of hydrogen-bond acceptors (Lipinski definition) is 7. The third kappa shape index (κ3) is 3.94. The minimum absolute atomic E-state index is 0.228. The molecule has 4 rings (SSSR count). The number of piperidine rings is 1. The van der Waals surface area contributed by atoms with Crippen LogP contribution < -0.4 is 0 Å². The molecule has 1 N–H and O–H groups in total. The highest BCUT2D eigenvalue weighted by Gasteiger charge is 2.17. The highest BCUT2D eigenvalue weighted by atomic mass is 32.1. The Balaban J connectivity index is 1.56. The average molecular weight is 400 g/mol. The lowest BCUT2D eigenvalue weighted by molar-refractivity contribution is 0.152. The number of fused-ring (bicyclic) bond motifs is 1. The second kappa shape index (κ2) is 7.98. The standard InChI is InChI=1S/C20H25N5O2S/c1-13-9-14(2)18(16(26)10-13)25-12-17-19(23-25)22-20(28-17)21-15-5-4-6-24(11-15)7-8-27-3/h9-10,12,26H,4-8,11H2,1-3H3. The molecule has 0 aliphatic carbocycles. The van der Waals surface area contributed by atoms with E-state index >= 15 is 0 Å². The topological polar surface area (TPSA) is 75.8 Å². The van der Waals surface area contributed by atoms with Crippen LogP contribution in [0.15, 0.2) is 23.3 Å². The first-order chi connectivity index (χ1) is 13.5. The highest BCUT2D eigenvalue weighted by Crippen LogP contribution is 2.32. The Hall–Kier alpha value is -2.29. The minimum atomic E-state index is 0.228. The number of phenols is 1. The lowest BCUT2D eigenvalue weighted by Gasteiger charge is -2.27. The van der Waals surface area contributed by atoms with Crippen molar-refractivity contribution < 1.29 is 9.84 Å². The van der Waals surface area contributed by atoms with E-state index in [-0.39, 0.29) is 5.75 Å². The summed E-state index contributed by atoms with van der Waals surface area (Å²) >= 11 is 1.53. The number of thiazole rings is 1. The van der Waals surface area contributed by atoms with Crippen LogP contribution in [0.3, 0.4) is 0 Å². The van der Waals surface area contributed by atoms with Gasteiger partial charge in [0.2, 0.25) is 5.13 Å². The average Bonchev–Trinajstić information content (AvgIpc) is 3.17. The van der Waals surface area contributed by atoms with E-state index in [1.54, 1.807) is 17.9 Å². The normalized spacial score (nSPS) is 17.0. The first-order valence-corrected chi connectivity index (χ1v) is 10.3. The molecule has 0 spiro atoms. The fraction of sp³-hybridized carbons (Fsp3) is 0.450. The second-order valence-electron chi connectivity index (χ2n) is 7.26. The van der Waals surface area contributed by atoms with E-state index < -0.39 is 0 Å². The van der Waals surface area contributed by atoms with Gasteiger partial charge in [-0.3, -0.25) is 4.90 Å². The molecule has 2 aromatic heterocycles. The summed E-state index contributed by atoms with van der Waals surface area (Å²) < 4.78 is 7.85. The van der Waals surface area contributed by atoms with Crippen molar-refractivity contribution in [2.75, 3.05) is 33.4 Å². The van der Waals surface area contributed by atoms with E-state index in [9.17, 15) is 5.11 Å². The van der Waals surface area contributed by atoms with E-state index in [0.29, 0.717) is 11.3 Å². The summed E-state index contributed by atoms with van der Waals surface area (Å²) in [4.78, 5) is 11.7. The van der Waals surface area contributed by atoms with Gasteiger partial charge in [-0.1, -0.05) is 17.4 Å². The van der Waals surface area contributed by atoms with Gasteiger partial charge in [-0.25, -0.2) is 9.67 Å². The number of ether oxygens (including phenoxy) is 1. The van der Waals surface area contributed by atoms with Crippen molar-refractivity contribution in [3.05, 3.63) is 29.5 Å². The molecule has 148 valence electrons. The molecule has 0 bridgehead atoms. The van der Waals surface area contributed by atoms with E-state index in [2.05, 4.69) is 15.0 Å². The molecule has 1 saturated heterocycles. The zero-order valence-electron chi connectivity index (χ0n) is 16.5. The molecule has 3 heterocycles. The Kier molecular flexibility index (Phi) is 5.43. The quantitative estimate of drug-likeness (QED) is 0.709. The lowest BCUT2D eigenvalue weighted by Crippen LogP contribution is -2.37. The third-order valence-corrected chi connectivity index (χ3v) is 5.80. The van der Waals surface area contributed by atoms with Gasteiger partial charge < -0.3 is 9.84 Å². The van der Waals surface area contributed by atoms with Crippen molar-refractivity contribution in [2.45, 2.75) is 26.7 Å². The maximum absolute atomic E-state index is 10.3. The van der Waals surface area contributed by atoms with Crippen molar-refractivity contribution in [1.82, 2.24) is 19.7 Å². The summed E-state index contributed by atoms with van der Waals surface area (Å²) in [6.45, 7) is 7.58. The van der Waals surface area contributed by atoms with Gasteiger partial charge in [0.05, 0.1) is 17.5 Å². The molecule has 1 aromatic carbocycles. The largest absolute Gasteiger partial charge is 0.506 e. The maximum Gasteiger partial charge on any atom is 0.211 e. The first-order valence-electron chi connectivity index (χ1n) is 9.48. The summed E-state index contributed by atoms with van der Waals surface area (Å²) in [5, 5.41) is 15.6. The monoisotopic (exact) mass is 399 g/mol. The summed E-state index contributed by atoms with van der Waals surface area (Å²) in [5.41, 5.74) is 4.53. The van der Waals surface area contributed by atoms with Gasteiger partial charge >= 0.3 is 0 Å². The summed E-state index contributed by atoms with van der Waals surface area (Å²) in [5.74, 6) is 0.228. The predicted octanol–water partition coefficient (Wildman–Crippen LogP) is 3.62. The molecule has 0 amide bonds. The smallest absolute Gasteiger partial charge is 0.211 e. The Morgan fingerprint density at radius 1 is 1.32 bits per heavy atom. The van der Waals surface area contributed by atoms with Crippen molar-refractivity contribution >= 4 is 32.5 Å².